The number of hydrogen-bond acceptors (Lipinski definition) is 5. The minimum atomic E-state index is -0.557. The van der Waals surface area contributed by atoms with Gasteiger partial charge in [-0.15, -0.1) is 0 Å². The van der Waals surface area contributed by atoms with Crippen LogP contribution in [-0.2, 0) is 17.9 Å². The summed E-state index contributed by atoms with van der Waals surface area (Å²) in [7, 11) is 0. The molecule has 0 atom stereocenters. The van der Waals surface area contributed by atoms with Crippen LogP contribution in [0, 0.1) is 0 Å². The predicted molar refractivity (Wildman–Crippen MR) is 124 cm³/mol. The molecule has 0 heterocycles. The van der Waals surface area contributed by atoms with Gasteiger partial charge in [0, 0.05) is 17.8 Å². The Morgan fingerprint density at radius 1 is 0.968 bits per heavy atom. The molecular formula is C25H29N3O3. The van der Waals surface area contributed by atoms with Gasteiger partial charge in [0.25, 0.3) is 5.91 Å². The number of hydroxylamine groups is 1. The van der Waals surface area contributed by atoms with Crippen molar-refractivity contribution in [1.29, 1.82) is 0 Å². The van der Waals surface area contributed by atoms with Gasteiger partial charge in [-0.25, -0.2) is 5.48 Å². The van der Waals surface area contributed by atoms with E-state index in [0.29, 0.717) is 18.1 Å². The largest absolute Gasteiger partial charge is 0.475 e. The molecule has 31 heavy (non-hydrogen) atoms. The van der Waals surface area contributed by atoms with E-state index in [0.717, 1.165) is 30.9 Å². The summed E-state index contributed by atoms with van der Waals surface area (Å²) in [6.07, 6.45) is 0. The van der Waals surface area contributed by atoms with E-state index >= 15 is 0 Å². The predicted octanol–water partition coefficient (Wildman–Crippen LogP) is 4.90. The van der Waals surface area contributed by atoms with Crippen LogP contribution in [0.5, 0.6) is 0 Å². The number of nitrogens with one attached hydrogen (secondary N) is 2. The fourth-order valence-electron chi connectivity index (χ4n) is 3.38. The fourth-order valence-corrected chi connectivity index (χ4v) is 3.38. The van der Waals surface area contributed by atoms with Crippen molar-refractivity contribution in [3.8, 4) is 0 Å². The second-order valence-electron chi connectivity index (χ2n) is 7.33. The molecule has 3 N–H and O–H groups in total. The first-order valence-corrected chi connectivity index (χ1v) is 10.4. The van der Waals surface area contributed by atoms with Gasteiger partial charge in [0.2, 0.25) is 0 Å². The van der Waals surface area contributed by atoms with Gasteiger partial charge in [0.15, 0.2) is 5.88 Å². The lowest BCUT2D eigenvalue weighted by Gasteiger charge is -2.18. The number of rotatable bonds is 10. The molecule has 0 saturated carbocycles. The standard InChI is InChI=1S/C25H29N3O3/c1-4-28(5-2)16-19-6-8-23-15-20(7-9-22(23)14-19)17-31-18(3)26-24-12-10-21(11-13-24)25(29)27-30/h6-15,26,30H,3-5,16-17H2,1-2H3,(H,27,29). The first kappa shape index (κ1) is 22.3. The molecule has 6 heteroatoms. The van der Waals surface area contributed by atoms with E-state index in [9.17, 15) is 4.79 Å². The van der Waals surface area contributed by atoms with E-state index in [1.165, 1.54) is 16.3 Å². The molecule has 0 fully saturated rings. The smallest absolute Gasteiger partial charge is 0.274 e. The van der Waals surface area contributed by atoms with Crippen molar-refractivity contribution in [2.75, 3.05) is 18.4 Å². The second kappa shape index (κ2) is 10.6. The van der Waals surface area contributed by atoms with Crippen LogP contribution in [0.25, 0.3) is 10.8 Å². The Bertz CT molecular complexity index is 1040. The first-order valence-electron chi connectivity index (χ1n) is 10.4. The Labute approximate surface area is 183 Å². The highest BCUT2D eigenvalue weighted by Crippen LogP contribution is 2.20. The molecule has 3 aromatic rings. The number of carbonyl (C=O) groups is 1. The summed E-state index contributed by atoms with van der Waals surface area (Å²) < 4.78 is 5.75. The average Bonchev–Trinajstić information content (AvgIpc) is 2.81. The normalized spacial score (nSPS) is 10.8. The number of hydrogen-bond donors (Lipinski definition) is 3. The van der Waals surface area contributed by atoms with Crippen molar-refractivity contribution in [2.45, 2.75) is 27.0 Å². The molecule has 0 bridgehead atoms. The summed E-state index contributed by atoms with van der Waals surface area (Å²) in [6, 6.07) is 19.5. The number of ether oxygens (including phenoxy) is 1. The number of amides is 1. The number of nitrogens with zero attached hydrogens (tertiary/aromatic N) is 1. The summed E-state index contributed by atoms with van der Waals surface area (Å²) in [5.41, 5.74) is 5.07. The topological polar surface area (TPSA) is 73.8 Å². The summed E-state index contributed by atoms with van der Waals surface area (Å²) in [4.78, 5) is 13.8. The third-order valence-corrected chi connectivity index (χ3v) is 5.22. The third-order valence-electron chi connectivity index (χ3n) is 5.22. The van der Waals surface area contributed by atoms with E-state index in [-0.39, 0.29) is 0 Å². The molecule has 0 radical (unpaired) electrons. The van der Waals surface area contributed by atoms with Crippen LogP contribution in [-0.4, -0.2) is 29.1 Å². The quantitative estimate of drug-likeness (QED) is 0.248. The van der Waals surface area contributed by atoms with Crippen LogP contribution >= 0.6 is 0 Å². The minimum absolute atomic E-state index is 0.357. The van der Waals surface area contributed by atoms with Crippen molar-refractivity contribution in [3.63, 3.8) is 0 Å². The van der Waals surface area contributed by atoms with Crippen LogP contribution in [0.15, 0.2) is 73.1 Å². The van der Waals surface area contributed by atoms with Gasteiger partial charge < -0.3 is 10.1 Å². The highest BCUT2D eigenvalue weighted by atomic mass is 16.5. The molecule has 6 nitrogen and oxygen atoms in total. The summed E-state index contributed by atoms with van der Waals surface area (Å²) in [5.74, 6) is -0.146. The van der Waals surface area contributed by atoms with Gasteiger partial charge in [-0.05, 0) is 78.0 Å². The van der Waals surface area contributed by atoms with Gasteiger partial charge in [0.05, 0.1) is 0 Å². The lowest BCUT2D eigenvalue weighted by atomic mass is 10.0. The molecule has 0 saturated heterocycles. The van der Waals surface area contributed by atoms with Crippen LogP contribution in [0.4, 0.5) is 5.69 Å². The zero-order valence-electron chi connectivity index (χ0n) is 18.0. The molecular weight excluding hydrogens is 390 g/mol. The zero-order chi connectivity index (χ0) is 22.2. The Hall–Kier alpha value is -3.35. The molecule has 162 valence electrons. The lowest BCUT2D eigenvalue weighted by molar-refractivity contribution is 0.0706. The van der Waals surface area contributed by atoms with Crippen molar-refractivity contribution in [1.82, 2.24) is 10.4 Å². The lowest BCUT2D eigenvalue weighted by Crippen LogP contribution is -2.21. The summed E-state index contributed by atoms with van der Waals surface area (Å²) in [6.45, 7) is 11.7. The maximum Gasteiger partial charge on any atom is 0.274 e. The molecule has 0 unspecified atom stereocenters. The minimum Gasteiger partial charge on any atom is -0.475 e. The number of fused-ring (bicyclic) bond motifs is 1. The molecule has 1 amide bonds. The van der Waals surface area contributed by atoms with Gasteiger partial charge in [0.1, 0.15) is 6.61 Å². The number of carbonyl (C=O) groups excluding carboxylic acids is 1. The van der Waals surface area contributed by atoms with Crippen LogP contribution in [0.1, 0.15) is 35.3 Å². The van der Waals surface area contributed by atoms with Crippen LogP contribution < -0.4 is 10.8 Å². The Kier molecular flexibility index (Phi) is 7.65. The third kappa shape index (κ3) is 6.07. The van der Waals surface area contributed by atoms with E-state index in [2.05, 4.69) is 67.0 Å². The highest BCUT2D eigenvalue weighted by molar-refractivity contribution is 5.93. The van der Waals surface area contributed by atoms with Gasteiger partial charge in [-0.2, -0.15) is 0 Å². The van der Waals surface area contributed by atoms with E-state index in [1.54, 1.807) is 29.7 Å². The van der Waals surface area contributed by atoms with Crippen molar-refractivity contribution in [2.24, 2.45) is 0 Å². The summed E-state index contributed by atoms with van der Waals surface area (Å²) >= 11 is 0. The van der Waals surface area contributed by atoms with E-state index < -0.39 is 5.91 Å². The molecule has 0 aliphatic heterocycles. The van der Waals surface area contributed by atoms with Gasteiger partial charge in [-0.1, -0.05) is 38.1 Å². The SMILES string of the molecule is C=C(Nc1ccc(C(=O)NO)cc1)OCc1ccc2cc(CN(CC)CC)ccc2c1. The van der Waals surface area contributed by atoms with Crippen molar-refractivity contribution >= 4 is 22.4 Å². The number of anilines is 1. The van der Waals surface area contributed by atoms with Crippen molar-refractivity contribution < 1.29 is 14.7 Å². The molecule has 3 aromatic carbocycles. The number of benzene rings is 3. The van der Waals surface area contributed by atoms with E-state index in [4.69, 9.17) is 9.94 Å². The molecule has 0 spiro atoms. The zero-order valence-corrected chi connectivity index (χ0v) is 18.0. The second-order valence-corrected chi connectivity index (χ2v) is 7.33. The maximum atomic E-state index is 11.4. The van der Waals surface area contributed by atoms with Crippen LogP contribution in [0.3, 0.4) is 0 Å². The van der Waals surface area contributed by atoms with Crippen LogP contribution in [0.2, 0.25) is 0 Å². The maximum absolute atomic E-state index is 11.4. The van der Waals surface area contributed by atoms with Gasteiger partial charge in [-0.3, -0.25) is 14.9 Å². The monoisotopic (exact) mass is 419 g/mol. The molecule has 3 rings (SSSR count). The summed E-state index contributed by atoms with van der Waals surface area (Å²) in [5, 5.41) is 14.1. The Balaban J connectivity index is 1.57. The Morgan fingerprint density at radius 2 is 1.58 bits per heavy atom. The average molecular weight is 420 g/mol. The molecule has 0 aliphatic rings. The Morgan fingerprint density at radius 3 is 2.19 bits per heavy atom. The van der Waals surface area contributed by atoms with E-state index in [1.807, 2.05) is 0 Å². The van der Waals surface area contributed by atoms with Crippen molar-refractivity contribution in [3.05, 3.63) is 89.8 Å². The molecule has 0 aliphatic carbocycles. The van der Waals surface area contributed by atoms with Gasteiger partial charge >= 0.3 is 0 Å². The first-order chi connectivity index (χ1) is 15.0. The molecule has 0 aromatic heterocycles. The highest BCUT2D eigenvalue weighted by Gasteiger charge is 2.06. The fraction of sp³-hybridized carbons (Fsp3) is 0.240.